The largest absolute Gasteiger partial charge is 0.387 e. The van der Waals surface area contributed by atoms with E-state index >= 15 is 0 Å². The molecule has 3 aliphatic carbocycles. The number of anilines is 2. The SMILES string of the molecule is CNc1c2c(nc3ccc(NC(C)=O)cc13)C1CCC2CC1. The molecule has 0 aliphatic heterocycles. The lowest BCUT2D eigenvalue weighted by atomic mass is 9.68. The van der Waals surface area contributed by atoms with Gasteiger partial charge in [0, 0.05) is 47.9 Å². The predicted molar refractivity (Wildman–Crippen MR) is 89.5 cm³/mol. The number of benzene rings is 1. The average Bonchev–Trinajstić information content (AvgIpc) is 2.53. The fourth-order valence-corrected chi connectivity index (χ4v) is 4.23. The molecule has 22 heavy (non-hydrogen) atoms. The van der Waals surface area contributed by atoms with Gasteiger partial charge in [0.15, 0.2) is 0 Å². The number of amides is 1. The molecule has 0 atom stereocenters. The highest BCUT2D eigenvalue weighted by Gasteiger charge is 2.36. The normalized spacial score (nSPS) is 22.5. The average molecular weight is 295 g/mol. The van der Waals surface area contributed by atoms with Gasteiger partial charge >= 0.3 is 0 Å². The molecule has 1 heterocycles. The smallest absolute Gasteiger partial charge is 0.221 e. The van der Waals surface area contributed by atoms with Crippen LogP contribution in [0.25, 0.3) is 10.9 Å². The number of carbonyl (C=O) groups excluding carboxylic acids is 1. The summed E-state index contributed by atoms with van der Waals surface area (Å²) in [7, 11) is 1.99. The molecule has 1 aromatic heterocycles. The van der Waals surface area contributed by atoms with Crippen molar-refractivity contribution in [1.82, 2.24) is 4.98 Å². The summed E-state index contributed by atoms with van der Waals surface area (Å²) in [6.45, 7) is 1.53. The zero-order chi connectivity index (χ0) is 15.3. The van der Waals surface area contributed by atoms with Crippen LogP contribution in [-0.4, -0.2) is 17.9 Å². The molecule has 4 nitrogen and oxygen atoms in total. The molecule has 2 aromatic rings. The molecule has 3 aliphatic rings. The number of aromatic nitrogens is 1. The van der Waals surface area contributed by atoms with Crippen molar-refractivity contribution < 1.29 is 4.79 Å². The maximum absolute atomic E-state index is 11.3. The van der Waals surface area contributed by atoms with E-state index in [1.54, 1.807) is 0 Å². The Hall–Kier alpha value is -2.10. The molecule has 0 saturated heterocycles. The van der Waals surface area contributed by atoms with E-state index in [4.69, 9.17) is 4.98 Å². The quantitative estimate of drug-likeness (QED) is 0.880. The van der Waals surface area contributed by atoms with Gasteiger partial charge in [-0.1, -0.05) is 0 Å². The molecule has 0 unspecified atom stereocenters. The molecule has 114 valence electrons. The van der Waals surface area contributed by atoms with Crippen LogP contribution < -0.4 is 10.6 Å². The second kappa shape index (κ2) is 4.97. The van der Waals surface area contributed by atoms with Crippen molar-refractivity contribution in [1.29, 1.82) is 0 Å². The zero-order valence-corrected chi connectivity index (χ0v) is 13.1. The van der Waals surface area contributed by atoms with Gasteiger partial charge in [0.1, 0.15) is 0 Å². The highest BCUT2D eigenvalue weighted by Crippen LogP contribution is 2.52. The summed E-state index contributed by atoms with van der Waals surface area (Å²) in [5, 5.41) is 7.39. The summed E-state index contributed by atoms with van der Waals surface area (Å²) in [6.07, 6.45) is 5.13. The fraction of sp³-hybridized carbons (Fsp3) is 0.444. The molecule has 4 heteroatoms. The summed E-state index contributed by atoms with van der Waals surface area (Å²) in [5.74, 6) is 1.23. The van der Waals surface area contributed by atoms with Crippen LogP contribution in [0.2, 0.25) is 0 Å². The van der Waals surface area contributed by atoms with Crippen molar-refractivity contribution in [3.8, 4) is 0 Å². The van der Waals surface area contributed by atoms with Crippen LogP contribution in [0.5, 0.6) is 0 Å². The molecule has 0 radical (unpaired) electrons. The minimum absolute atomic E-state index is 0.0460. The van der Waals surface area contributed by atoms with Crippen LogP contribution in [-0.2, 0) is 4.79 Å². The van der Waals surface area contributed by atoms with E-state index in [1.165, 1.54) is 49.6 Å². The maximum atomic E-state index is 11.3. The minimum atomic E-state index is -0.0460. The van der Waals surface area contributed by atoms with Gasteiger partial charge in [-0.15, -0.1) is 0 Å². The molecule has 1 aromatic carbocycles. The molecular weight excluding hydrogens is 274 g/mol. The molecule has 5 rings (SSSR count). The number of rotatable bonds is 2. The first-order valence-electron chi connectivity index (χ1n) is 8.10. The first-order valence-corrected chi connectivity index (χ1v) is 8.10. The van der Waals surface area contributed by atoms with Gasteiger partial charge in [-0.05, 0) is 49.8 Å². The van der Waals surface area contributed by atoms with Gasteiger partial charge in [-0.3, -0.25) is 9.78 Å². The van der Waals surface area contributed by atoms with Crippen LogP contribution in [0.1, 0.15) is 55.7 Å². The molecule has 0 spiro atoms. The van der Waals surface area contributed by atoms with Crippen molar-refractivity contribution in [2.24, 2.45) is 0 Å². The number of nitrogens with zero attached hydrogens (tertiary/aromatic N) is 1. The lowest BCUT2D eigenvalue weighted by molar-refractivity contribution is -0.114. The minimum Gasteiger partial charge on any atom is -0.387 e. The standard InChI is InChI=1S/C18H21N3O/c1-10(22)20-13-7-8-15-14(9-13)18(19-2)16-11-3-5-12(6-4-11)17(16)21-15/h7-9,11-12H,3-6H2,1-2H3,(H,19,21)(H,20,22). The summed E-state index contributed by atoms with van der Waals surface area (Å²) in [5.41, 5.74) is 5.80. The van der Waals surface area contributed by atoms with Crippen LogP contribution in [0, 0.1) is 0 Å². The summed E-state index contributed by atoms with van der Waals surface area (Å²) >= 11 is 0. The monoisotopic (exact) mass is 295 g/mol. The first kappa shape index (κ1) is 13.6. The van der Waals surface area contributed by atoms with Crippen molar-refractivity contribution >= 4 is 28.2 Å². The molecule has 1 amide bonds. The van der Waals surface area contributed by atoms with E-state index in [-0.39, 0.29) is 5.91 Å². The highest BCUT2D eigenvalue weighted by atomic mass is 16.1. The number of hydrogen-bond donors (Lipinski definition) is 2. The Morgan fingerprint density at radius 1 is 1.18 bits per heavy atom. The fourth-order valence-electron chi connectivity index (χ4n) is 4.23. The molecule has 1 fully saturated rings. The third-order valence-electron chi connectivity index (χ3n) is 5.14. The second-order valence-corrected chi connectivity index (χ2v) is 6.50. The second-order valence-electron chi connectivity index (χ2n) is 6.50. The van der Waals surface area contributed by atoms with E-state index < -0.39 is 0 Å². The number of carbonyl (C=O) groups is 1. The summed E-state index contributed by atoms with van der Waals surface area (Å²) < 4.78 is 0. The Kier molecular flexibility index (Phi) is 3.06. The highest BCUT2D eigenvalue weighted by molar-refractivity contribution is 5.98. The molecule has 2 bridgehead atoms. The van der Waals surface area contributed by atoms with E-state index in [0.29, 0.717) is 11.8 Å². The Bertz CT molecular complexity index is 761. The Labute approximate surface area is 130 Å². The van der Waals surface area contributed by atoms with Gasteiger partial charge in [0.2, 0.25) is 5.91 Å². The lowest BCUT2D eigenvalue weighted by Gasteiger charge is -2.39. The molecule has 1 saturated carbocycles. The lowest BCUT2D eigenvalue weighted by Crippen LogP contribution is -2.24. The van der Waals surface area contributed by atoms with E-state index in [1.807, 2.05) is 25.2 Å². The molecule has 2 N–H and O–H groups in total. The molecular formula is C18H21N3O. The number of fused-ring (bicyclic) bond motifs is 3. The van der Waals surface area contributed by atoms with E-state index in [9.17, 15) is 4.79 Å². The Morgan fingerprint density at radius 3 is 2.59 bits per heavy atom. The number of nitrogens with one attached hydrogen (secondary N) is 2. The maximum Gasteiger partial charge on any atom is 0.221 e. The topological polar surface area (TPSA) is 54.0 Å². The zero-order valence-electron chi connectivity index (χ0n) is 13.1. The number of pyridine rings is 1. The third kappa shape index (κ3) is 1.97. The van der Waals surface area contributed by atoms with Gasteiger partial charge in [-0.25, -0.2) is 0 Å². The van der Waals surface area contributed by atoms with Crippen molar-refractivity contribution in [2.75, 3.05) is 17.7 Å². The van der Waals surface area contributed by atoms with E-state index in [0.717, 1.165) is 16.6 Å². The Balaban J connectivity index is 1.95. The van der Waals surface area contributed by atoms with Crippen molar-refractivity contribution in [3.05, 3.63) is 29.5 Å². The van der Waals surface area contributed by atoms with Crippen LogP contribution >= 0.6 is 0 Å². The number of hydrogen-bond acceptors (Lipinski definition) is 3. The van der Waals surface area contributed by atoms with Gasteiger partial charge < -0.3 is 10.6 Å². The first-order chi connectivity index (χ1) is 10.7. The van der Waals surface area contributed by atoms with E-state index in [2.05, 4.69) is 10.6 Å². The van der Waals surface area contributed by atoms with Crippen molar-refractivity contribution in [2.45, 2.75) is 44.4 Å². The summed E-state index contributed by atoms with van der Waals surface area (Å²) in [4.78, 5) is 16.3. The van der Waals surface area contributed by atoms with Gasteiger partial charge in [-0.2, -0.15) is 0 Å². The van der Waals surface area contributed by atoms with Gasteiger partial charge in [0.05, 0.1) is 5.52 Å². The van der Waals surface area contributed by atoms with Crippen molar-refractivity contribution in [3.63, 3.8) is 0 Å². The predicted octanol–water partition coefficient (Wildman–Crippen LogP) is 3.99. The van der Waals surface area contributed by atoms with Crippen LogP contribution in [0.15, 0.2) is 18.2 Å². The summed E-state index contributed by atoms with van der Waals surface area (Å²) in [6, 6.07) is 5.99. The van der Waals surface area contributed by atoms with Gasteiger partial charge in [0.25, 0.3) is 0 Å². The third-order valence-corrected chi connectivity index (χ3v) is 5.14. The Morgan fingerprint density at radius 2 is 1.91 bits per heavy atom. The van der Waals surface area contributed by atoms with Crippen LogP contribution in [0.3, 0.4) is 0 Å². The van der Waals surface area contributed by atoms with Crippen LogP contribution in [0.4, 0.5) is 11.4 Å².